The Hall–Kier alpha value is -2.92. The number of amides is 1. The molecule has 2 aromatic carbocycles. The third-order valence-electron chi connectivity index (χ3n) is 4.54. The molecule has 0 spiro atoms. The third kappa shape index (κ3) is 3.93. The van der Waals surface area contributed by atoms with Crippen LogP contribution in [0.4, 0.5) is 10.1 Å². The highest BCUT2D eigenvalue weighted by Gasteiger charge is 2.24. The maximum absolute atomic E-state index is 13.8. The Morgan fingerprint density at radius 1 is 1.07 bits per heavy atom. The lowest BCUT2D eigenvalue weighted by molar-refractivity contribution is 0.0746. The summed E-state index contributed by atoms with van der Waals surface area (Å²) in [6, 6.07) is 12.3. The van der Waals surface area contributed by atoms with Gasteiger partial charge in [-0.2, -0.15) is 5.26 Å². The van der Waals surface area contributed by atoms with Crippen LogP contribution in [-0.4, -0.2) is 51.7 Å². The molecule has 1 heterocycles. The Balaban J connectivity index is 1.70. The molecule has 27 heavy (non-hydrogen) atoms. The summed E-state index contributed by atoms with van der Waals surface area (Å²) in [4.78, 5) is 16.3. The highest BCUT2D eigenvalue weighted by molar-refractivity contribution is 7.90. The average Bonchev–Trinajstić information content (AvgIpc) is 2.67. The van der Waals surface area contributed by atoms with Crippen molar-refractivity contribution < 1.29 is 17.6 Å². The average molecular weight is 387 g/mol. The fourth-order valence-electron chi connectivity index (χ4n) is 3.06. The Morgan fingerprint density at radius 2 is 1.70 bits per heavy atom. The second-order valence-corrected chi connectivity index (χ2v) is 8.34. The van der Waals surface area contributed by atoms with Gasteiger partial charge < -0.3 is 9.80 Å². The van der Waals surface area contributed by atoms with Gasteiger partial charge in [-0.05, 0) is 36.4 Å². The largest absolute Gasteiger partial charge is 0.367 e. The van der Waals surface area contributed by atoms with Gasteiger partial charge in [0.05, 0.1) is 10.6 Å². The number of halogens is 1. The lowest BCUT2D eigenvalue weighted by Gasteiger charge is -2.36. The number of nitrogens with zero attached hydrogens (tertiary/aromatic N) is 3. The van der Waals surface area contributed by atoms with Gasteiger partial charge >= 0.3 is 0 Å². The molecule has 0 radical (unpaired) electrons. The number of carbonyl (C=O) groups is 1. The molecule has 6 nitrogen and oxygen atoms in total. The summed E-state index contributed by atoms with van der Waals surface area (Å²) in [5.74, 6) is -0.742. The van der Waals surface area contributed by atoms with Crippen molar-refractivity contribution in [2.75, 3.05) is 37.3 Å². The van der Waals surface area contributed by atoms with E-state index in [1.54, 1.807) is 17.0 Å². The van der Waals surface area contributed by atoms with Crippen molar-refractivity contribution >= 4 is 21.4 Å². The molecule has 0 unspecified atom stereocenters. The molecule has 0 N–H and O–H groups in total. The van der Waals surface area contributed by atoms with Crippen LogP contribution < -0.4 is 4.90 Å². The number of anilines is 1. The molecule has 1 saturated heterocycles. The van der Waals surface area contributed by atoms with Crippen molar-refractivity contribution in [1.29, 1.82) is 5.26 Å². The number of sulfone groups is 1. The Morgan fingerprint density at radius 3 is 2.26 bits per heavy atom. The Kier molecular flexibility index (Phi) is 5.15. The number of benzene rings is 2. The molecule has 1 aliphatic heterocycles. The molecule has 1 aliphatic rings. The highest BCUT2D eigenvalue weighted by atomic mass is 32.2. The zero-order valence-corrected chi connectivity index (χ0v) is 15.5. The summed E-state index contributed by atoms with van der Waals surface area (Å²) in [5.41, 5.74) is 0.954. The maximum atomic E-state index is 13.8. The number of nitriles is 1. The number of hydrogen-bond donors (Lipinski definition) is 0. The monoisotopic (exact) mass is 387 g/mol. The summed E-state index contributed by atoms with van der Waals surface area (Å²) in [6.07, 6.45) is 1.12. The lowest BCUT2D eigenvalue weighted by Crippen LogP contribution is -2.49. The first-order valence-corrected chi connectivity index (χ1v) is 10.2. The molecule has 2 aromatic rings. The van der Waals surface area contributed by atoms with Gasteiger partial charge in [-0.1, -0.05) is 6.07 Å². The molecule has 0 saturated carbocycles. The molecule has 1 fully saturated rings. The number of carbonyl (C=O) groups excluding carboxylic acids is 1. The zero-order chi connectivity index (χ0) is 19.6. The van der Waals surface area contributed by atoms with Gasteiger partial charge in [0.2, 0.25) is 0 Å². The van der Waals surface area contributed by atoms with Crippen LogP contribution in [0.5, 0.6) is 0 Å². The van der Waals surface area contributed by atoms with Gasteiger partial charge in [0.1, 0.15) is 17.4 Å². The quantitative estimate of drug-likeness (QED) is 0.805. The number of rotatable bonds is 3. The van der Waals surface area contributed by atoms with Crippen LogP contribution in [0.3, 0.4) is 0 Å². The SMILES string of the molecule is CS(=O)(=O)c1ccc(C(=O)N2CCN(c3cccc(F)c3C#N)CC2)cc1. The molecule has 0 atom stereocenters. The highest BCUT2D eigenvalue weighted by Crippen LogP contribution is 2.24. The zero-order valence-electron chi connectivity index (χ0n) is 14.7. The van der Waals surface area contributed by atoms with Crippen LogP contribution >= 0.6 is 0 Å². The number of piperazine rings is 1. The Bertz CT molecular complexity index is 1010. The summed E-state index contributed by atoms with van der Waals surface area (Å²) < 4.78 is 36.8. The maximum Gasteiger partial charge on any atom is 0.253 e. The molecule has 1 amide bonds. The van der Waals surface area contributed by atoms with Crippen LogP contribution in [0.1, 0.15) is 15.9 Å². The molecule has 8 heteroatoms. The number of hydrogen-bond acceptors (Lipinski definition) is 5. The van der Waals surface area contributed by atoms with E-state index in [-0.39, 0.29) is 16.4 Å². The van der Waals surface area contributed by atoms with E-state index in [0.717, 1.165) is 6.26 Å². The van der Waals surface area contributed by atoms with E-state index in [1.165, 1.54) is 30.3 Å². The van der Waals surface area contributed by atoms with E-state index >= 15 is 0 Å². The molecule has 140 valence electrons. The first-order chi connectivity index (χ1) is 12.8. The third-order valence-corrected chi connectivity index (χ3v) is 5.67. The van der Waals surface area contributed by atoms with Crippen LogP contribution in [0, 0.1) is 17.1 Å². The van der Waals surface area contributed by atoms with Gasteiger partial charge in [0.25, 0.3) is 5.91 Å². The van der Waals surface area contributed by atoms with Crippen molar-refractivity contribution in [1.82, 2.24) is 4.90 Å². The van der Waals surface area contributed by atoms with Crippen molar-refractivity contribution in [3.8, 4) is 6.07 Å². The van der Waals surface area contributed by atoms with Crippen molar-refractivity contribution in [2.45, 2.75) is 4.90 Å². The molecule has 3 rings (SSSR count). The second-order valence-electron chi connectivity index (χ2n) is 6.32. The van der Waals surface area contributed by atoms with Gasteiger partial charge in [-0.25, -0.2) is 12.8 Å². The van der Waals surface area contributed by atoms with Gasteiger partial charge in [-0.15, -0.1) is 0 Å². The second kappa shape index (κ2) is 7.37. The van der Waals surface area contributed by atoms with Gasteiger partial charge in [0.15, 0.2) is 9.84 Å². The standard InChI is InChI=1S/C19H18FN3O3S/c1-27(25,26)15-7-5-14(6-8-15)19(24)23-11-9-22(10-12-23)18-4-2-3-17(20)16(18)13-21/h2-8H,9-12H2,1H3. The Labute approximate surface area is 157 Å². The minimum absolute atomic E-state index is 0.00800. The minimum atomic E-state index is -3.31. The first-order valence-electron chi connectivity index (χ1n) is 8.34. The van der Waals surface area contributed by atoms with Crippen molar-refractivity contribution in [3.63, 3.8) is 0 Å². The first kappa shape index (κ1) is 18.9. The van der Waals surface area contributed by atoms with Gasteiger partial charge in [0, 0.05) is 38.0 Å². The summed E-state index contributed by atoms with van der Waals surface area (Å²) >= 11 is 0. The fourth-order valence-corrected chi connectivity index (χ4v) is 3.70. The molecule has 0 aromatic heterocycles. The van der Waals surface area contributed by atoms with E-state index in [4.69, 9.17) is 0 Å². The normalized spacial score (nSPS) is 14.7. The lowest BCUT2D eigenvalue weighted by atomic mass is 10.1. The predicted octanol–water partition coefficient (Wildman–Crippen LogP) is 2.06. The molecular formula is C19H18FN3O3S. The van der Waals surface area contributed by atoms with Crippen LogP contribution in [0.25, 0.3) is 0 Å². The van der Waals surface area contributed by atoms with Crippen LogP contribution in [-0.2, 0) is 9.84 Å². The van der Waals surface area contributed by atoms with E-state index in [0.29, 0.717) is 37.4 Å². The summed E-state index contributed by atoms with van der Waals surface area (Å²) in [6.45, 7) is 1.80. The predicted molar refractivity (Wildman–Crippen MR) is 98.8 cm³/mol. The summed E-state index contributed by atoms with van der Waals surface area (Å²) in [7, 11) is -3.31. The van der Waals surface area contributed by atoms with Crippen LogP contribution in [0.2, 0.25) is 0 Å². The van der Waals surface area contributed by atoms with E-state index in [2.05, 4.69) is 0 Å². The smallest absolute Gasteiger partial charge is 0.253 e. The fraction of sp³-hybridized carbons (Fsp3) is 0.263. The summed E-state index contributed by atoms with van der Waals surface area (Å²) in [5, 5.41) is 9.17. The van der Waals surface area contributed by atoms with Crippen molar-refractivity contribution in [3.05, 3.63) is 59.4 Å². The van der Waals surface area contributed by atoms with E-state index in [1.807, 2.05) is 11.0 Å². The van der Waals surface area contributed by atoms with Gasteiger partial charge in [-0.3, -0.25) is 4.79 Å². The van der Waals surface area contributed by atoms with Crippen LogP contribution in [0.15, 0.2) is 47.4 Å². The molecule has 0 aliphatic carbocycles. The van der Waals surface area contributed by atoms with E-state index < -0.39 is 15.7 Å². The van der Waals surface area contributed by atoms with E-state index in [9.17, 15) is 22.9 Å². The molecule has 0 bridgehead atoms. The molecular weight excluding hydrogens is 369 g/mol. The van der Waals surface area contributed by atoms with Crippen molar-refractivity contribution in [2.24, 2.45) is 0 Å². The minimum Gasteiger partial charge on any atom is -0.367 e. The topological polar surface area (TPSA) is 81.5 Å².